The fourth-order valence-electron chi connectivity index (χ4n) is 12.7. The summed E-state index contributed by atoms with van der Waals surface area (Å²) in [7, 11) is 10.5. The van der Waals surface area contributed by atoms with Crippen molar-refractivity contribution >= 4 is 92.7 Å². The molecule has 16 aromatic rings. The van der Waals surface area contributed by atoms with Crippen LogP contribution in [0.2, 0.25) is 0 Å². The van der Waals surface area contributed by atoms with Crippen LogP contribution in [0.3, 0.4) is 0 Å². The maximum atomic E-state index is 2.36. The van der Waals surface area contributed by atoms with Crippen molar-refractivity contribution in [3.05, 3.63) is 266 Å². The zero-order chi connectivity index (χ0) is 80.3. The van der Waals surface area contributed by atoms with Gasteiger partial charge in [0.25, 0.3) is 11.5 Å². The van der Waals surface area contributed by atoms with Crippen LogP contribution in [0.1, 0.15) is 203 Å². The normalized spacial score (nSPS) is 9.38. The molecule has 0 aliphatic heterocycles. The number of rotatable bonds is 3. The summed E-state index contributed by atoms with van der Waals surface area (Å²) < 4.78 is 20.2. The molecule has 0 saturated carbocycles. The second-order valence-corrected chi connectivity index (χ2v) is 21.7. The molecule has 0 spiro atoms. The Morgan fingerprint density at radius 1 is 0.250 bits per heavy atom. The van der Waals surface area contributed by atoms with Crippen LogP contribution in [0.5, 0.6) is 0 Å². The Kier molecular flexibility index (Phi) is 49.6. The van der Waals surface area contributed by atoms with E-state index in [1.807, 2.05) is 166 Å². The van der Waals surface area contributed by atoms with Crippen LogP contribution >= 0.6 is 0 Å². The third-order valence-corrected chi connectivity index (χ3v) is 16.5. The lowest BCUT2D eigenvalue weighted by Gasteiger charge is -2.08. The third-order valence-electron chi connectivity index (χ3n) is 16.5. The van der Waals surface area contributed by atoms with Gasteiger partial charge in [0.05, 0.1) is 58.4 Å². The van der Waals surface area contributed by atoms with E-state index in [0.29, 0.717) is 0 Å². The van der Waals surface area contributed by atoms with Crippen molar-refractivity contribution in [2.24, 2.45) is 35.2 Å². The van der Waals surface area contributed by atoms with Gasteiger partial charge in [-0.05, 0) is 116 Å². The number of aryl methyl sites for hydroxylation is 9. The van der Waals surface area contributed by atoms with Gasteiger partial charge < -0.3 is 0 Å². The van der Waals surface area contributed by atoms with E-state index in [2.05, 4.69) is 347 Å². The molecule has 0 bridgehead atoms. The molecular formula is C99H147N9+4. The van der Waals surface area contributed by atoms with E-state index in [4.69, 9.17) is 0 Å². The molecule has 0 amide bonds. The summed E-state index contributed by atoms with van der Waals surface area (Å²) in [6, 6.07) is 75.4. The van der Waals surface area contributed by atoms with Crippen molar-refractivity contribution in [1.29, 1.82) is 0 Å². The second-order valence-electron chi connectivity index (χ2n) is 21.7. The molecule has 8 heterocycles. The molecule has 9 heteroatoms. The van der Waals surface area contributed by atoms with Crippen LogP contribution in [0.4, 0.5) is 0 Å². The first-order valence-corrected chi connectivity index (χ1v) is 40.1. The van der Waals surface area contributed by atoms with Gasteiger partial charge in [-0.25, -0.2) is 18.3 Å². The molecule has 0 saturated heterocycles. The predicted octanol–water partition coefficient (Wildman–Crippen LogP) is 28.1. The van der Waals surface area contributed by atoms with E-state index in [-0.39, 0.29) is 14.9 Å². The quantitative estimate of drug-likeness (QED) is 0.125. The molecule has 0 aliphatic rings. The minimum atomic E-state index is 0. The number of pyridine rings is 3. The van der Waals surface area contributed by atoms with Crippen LogP contribution in [0.25, 0.3) is 110 Å². The van der Waals surface area contributed by atoms with Crippen molar-refractivity contribution in [1.82, 2.24) is 22.8 Å². The first kappa shape index (κ1) is 99.9. The Bertz CT molecular complexity index is 4940. The van der Waals surface area contributed by atoms with Crippen molar-refractivity contribution in [3.8, 4) is 17.5 Å². The lowest BCUT2D eigenvalue weighted by atomic mass is 10.0. The molecule has 584 valence electrons. The fourth-order valence-corrected chi connectivity index (χ4v) is 12.7. The highest BCUT2D eigenvalue weighted by molar-refractivity contribution is 6.13. The monoisotopic (exact) mass is 1460 g/mol. The average molecular weight is 1460 g/mol. The summed E-state index contributed by atoms with van der Waals surface area (Å²) in [5, 5.41) is 11.8. The zero-order valence-electron chi connectivity index (χ0n) is 72.1. The van der Waals surface area contributed by atoms with Gasteiger partial charge in [-0.15, -0.1) is 9.20 Å². The molecule has 0 unspecified atom stereocenters. The predicted molar refractivity (Wildman–Crippen MR) is 487 cm³/mol. The maximum absolute atomic E-state index is 2.36. The number of benzene rings is 8. The average Bonchev–Trinajstić information content (AvgIpc) is 1.56. The lowest BCUT2D eigenvalue weighted by Crippen LogP contribution is -2.34. The molecule has 0 radical (unpaired) electrons. The zero-order valence-corrected chi connectivity index (χ0v) is 72.1. The number of nitrogens with zero attached hydrogens (tertiary/aromatic N) is 9. The molecule has 0 N–H and O–H groups in total. The summed E-state index contributed by atoms with van der Waals surface area (Å²) in [5.74, 6) is 2.34. The Labute approximate surface area is 657 Å². The van der Waals surface area contributed by atoms with Crippen molar-refractivity contribution in [3.63, 3.8) is 0 Å². The number of para-hydroxylation sites is 7. The summed E-state index contributed by atoms with van der Waals surface area (Å²) >= 11 is 0. The van der Waals surface area contributed by atoms with E-state index < -0.39 is 0 Å². The van der Waals surface area contributed by atoms with Crippen LogP contribution in [-0.4, -0.2) is 22.8 Å². The van der Waals surface area contributed by atoms with Crippen molar-refractivity contribution in [2.75, 3.05) is 0 Å². The maximum Gasteiger partial charge on any atom is 0.369 e. The molecule has 0 atom stereocenters. The van der Waals surface area contributed by atoms with Gasteiger partial charge in [-0.3, -0.25) is 0 Å². The minimum absolute atomic E-state index is 0. The Hall–Kier alpha value is -10.1. The molecular weight excluding hydrogens is 1320 g/mol. The van der Waals surface area contributed by atoms with Gasteiger partial charge in [-0.1, -0.05) is 321 Å². The van der Waals surface area contributed by atoms with Gasteiger partial charge in [-0.2, -0.15) is 13.7 Å². The standard InChI is InChI=1S/2C19H17N2.C18H18N3.C17H15N2.12C2H6.2CH4/c1-14-8-3-5-11-17(14)21-18-12-6-4-9-15(18)16-10-7-13-20(2)19(16)21;1-14-8-7-10-16-15-9-3-4-11-17(15)21(19(14)16)18-12-5-6-13-20(18)2;1-13-7-6-9-15-14-8-4-5-10-16(14)21(17(13)15)18-19(2)11-12-20(18)3;1-12-6-5-9-15-13-7-3-4-8-14(13)16-10-11-18(2)19(16)17(12)15;12*1-2;;/h2*3-13H,1-2H3;4-12H,1-3H3;3-11H,1-2H3;12*1-2H3;2*1H4/q4*+1;;;;;;;;;;;;;;. The van der Waals surface area contributed by atoms with Gasteiger partial charge in [0.2, 0.25) is 0 Å². The van der Waals surface area contributed by atoms with Gasteiger partial charge in [0, 0.05) is 49.8 Å². The number of aromatic nitrogens is 9. The highest BCUT2D eigenvalue weighted by atomic mass is 15.3. The summed E-state index contributed by atoms with van der Waals surface area (Å²) in [6.45, 7) is 56.7. The topological polar surface area (TPSA) is 39.6 Å². The second kappa shape index (κ2) is 53.6. The van der Waals surface area contributed by atoms with E-state index in [9.17, 15) is 0 Å². The fraction of sp³-hybridized carbons (Fsp3) is 0.354. The van der Waals surface area contributed by atoms with E-state index in [0.717, 1.165) is 5.95 Å². The molecule has 108 heavy (non-hydrogen) atoms. The Morgan fingerprint density at radius 3 is 1.05 bits per heavy atom. The molecule has 0 fully saturated rings. The van der Waals surface area contributed by atoms with Gasteiger partial charge in [0.15, 0.2) is 13.2 Å². The molecule has 0 aliphatic carbocycles. The number of hydrogen-bond acceptors (Lipinski definition) is 0. The smallest absolute Gasteiger partial charge is 0.237 e. The van der Waals surface area contributed by atoms with Crippen LogP contribution < -0.4 is 18.4 Å². The largest absolute Gasteiger partial charge is 0.369 e. The van der Waals surface area contributed by atoms with Crippen LogP contribution in [-0.2, 0) is 35.2 Å². The van der Waals surface area contributed by atoms with Crippen LogP contribution in [0.15, 0.2) is 243 Å². The Morgan fingerprint density at radius 2 is 0.593 bits per heavy atom. The molecule has 8 aromatic heterocycles. The summed E-state index contributed by atoms with van der Waals surface area (Å²) in [6.07, 6.45) is 10.5. The highest BCUT2D eigenvalue weighted by Gasteiger charge is 2.26. The molecule has 8 aromatic carbocycles. The lowest BCUT2D eigenvalue weighted by molar-refractivity contribution is -0.735. The van der Waals surface area contributed by atoms with Crippen LogP contribution in [0, 0.1) is 27.7 Å². The number of imidazole rings is 1. The highest BCUT2D eigenvalue weighted by Crippen LogP contribution is 2.36. The molecule has 16 rings (SSSR count). The van der Waals surface area contributed by atoms with Crippen molar-refractivity contribution in [2.45, 2.75) is 209 Å². The minimum Gasteiger partial charge on any atom is -0.237 e. The SMILES string of the molecule is C.C.CC.CC.CC.CC.CC.CC.CC.CC.CC.CC.CC.CC.Cc1cccc2c3ccccc3c3cc[n+](C)n3c12.Cc1cccc2c3ccccc3n(-c3cccc[n+]3C)c12.Cc1cccc2c3ccccc3n(-c3n(C)cc[n+]3C)c12.Cc1ccccc1-n1c2ccccc2c2ccc[n+](C)c21. The van der Waals surface area contributed by atoms with E-state index >= 15 is 0 Å². The van der Waals surface area contributed by atoms with Gasteiger partial charge in [0.1, 0.15) is 44.3 Å². The first-order chi connectivity index (χ1) is 52.0. The first-order valence-electron chi connectivity index (χ1n) is 40.1. The number of fused-ring (bicyclic) bond motifs is 15. The summed E-state index contributed by atoms with van der Waals surface area (Å²) in [5.41, 5.74) is 16.5. The van der Waals surface area contributed by atoms with E-state index in [1.165, 1.54) is 126 Å². The number of hydrogen-bond donors (Lipinski definition) is 0. The Balaban J connectivity index is 0. The summed E-state index contributed by atoms with van der Waals surface area (Å²) in [4.78, 5) is 0. The molecule has 9 nitrogen and oxygen atoms in total. The van der Waals surface area contributed by atoms with Crippen molar-refractivity contribution < 1.29 is 18.4 Å². The third kappa shape index (κ3) is 22.0. The van der Waals surface area contributed by atoms with E-state index in [1.54, 1.807) is 0 Å². The van der Waals surface area contributed by atoms with Gasteiger partial charge >= 0.3 is 5.95 Å².